The summed E-state index contributed by atoms with van der Waals surface area (Å²) in [5.41, 5.74) is -0.209. The van der Waals surface area contributed by atoms with Crippen LogP contribution < -0.4 is 10.6 Å². The number of hydrogen-bond donors (Lipinski definition) is 2. The van der Waals surface area contributed by atoms with E-state index in [4.69, 9.17) is 4.74 Å². The van der Waals surface area contributed by atoms with Crippen LogP contribution >= 0.6 is 12.4 Å². The van der Waals surface area contributed by atoms with Crippen molar-refractivity contribution in [2.75, 3.05) is 19.6 Å². The quantitative estimate of drug-likeness (QED) is 0.765. The molecule has 1 saturated heterocycles. The second kappa shape index (κ2) is 5.03. The van der Waals surface area contributed by atoms with Gasteiger partial charge in [0.15, 0.2) is 0 Å². The van der Waals surface area contributed by atoms with E-state index in [2.05, 4.69) is 17.6 Å². The number of halogens is 1. The highest BCUT2D eigenvalue weighted by Crippen LogP contribution is 2.19. The van der Waals surface area contributed by atoms with Gasteiger partial charge in [-0.2, -0.15) is 0 Å². The predicted octanol–water partition coefficient (Wildman–Crippen LogP) is 1.54. The molecular weight excluding hydrogens is 216 g/mol. The zero-order valence-electron chi connectivity index (χ0n) is 9.85. The van der Waals surface area contributed by atoms with Crippen molar-refractivity contribution >= 4 is 18.5 Å². The molecule has 1 heterocycles. The highest BCUT2D eigenvalue weighted by atomic mass is 35.5. The van der Waals surface area contributed by atoms with Crippen molar-refractivity contribution in [3.63, 3.8) is 0 Å². The van der Waals surface area contributed by atoms with E-state index in [-0.39, 0.29) is 23.9 Å². The maximum Gasteiger partial charge on any atom is 0.407 e. The molecule has 0 bridgehead atoms. The molecule has 15 heavy (non-hydrogen) atoms. The number of amides is 1. The van der Waals surface area contributed by atoms with E-state index in [1.54, 1.807) is 0 Å². The van der Waals surface area contributed by atoms with Gasteiger partial charge in [-0.15, -0.1) is 12.4 Å². The number of ether oxygens (including phenoxy) is 1. The van der Waals surface area contributed by atoms with Crippen molar-refractivity contribution in [1.29, 1.82) is 0 Å². The maximum absolute atomic E-state index is 11.3. The predicted molar refractivity (Wildman–Crippen MR) is 62.5 cm³/mol. The summed E-state index contributed by atoms with van der Waals surface area (Å²) in [5, 5.41) is 5.96. The largest absolute Gasteiger partial charge is 0.444 e. The number of alkyl carbamates (subject to hydrolysis) is 1. The molecular formula is C10H21ClN2O2. The van der Waals surface area contributed by atoms with Gasteiger partial charge in [0.1, 0.15) is 5.60 Å². The number of nitrogens with one attached hydrogen (secondary N) is 2. The summed E-state index contributed by atoms with van der Waals surface area (Å²) in [5.74, 6) is 0. The van der Waals surface area contributed by atoms with Gasteiger partial charge >= 0.3 is 6.09 Å². The van der Waals surface area contributed by atoms with Crippen molar-refractivity contribution in [3.05, 3.63) is 0 Å². The highest BCUT2D eigenvalue weighted by molar-refractivity contribution is 5.85. The molecule has 0 aromatic carbocycles. The van der Waals surface area contributed by atoms with Crippen LogP contribution in [0.25, 0.3) is 0 Å². The Balaban J connectivity index is 0.00000196. The Kier molecular flexibility index (Phi) is 4.87. The lowest BCUT2D eigenvalue weighted by molar-refractivity contribution is 0.0484. The van der Waals surface area contributed by atoms with E-state index >= 15 is 0 Å². The van der Waals surface area contributed by atoms with E-state index in [1.165, 1.54) is 0 Å². The van der Waals surface area contributed by atoms with Crippen LogP contribution in [0.15, 0.2) is 0 Å². The third-order valence-electron chi connectivity index (χ3n) is 2.16. The molecule has 0 spiro atoms. The molecule has 1 fully saturated rings. The Hall–Kier alpha value is -0.480. The van der Waals surface area contributed by atoms with Crippen LogP contribution in [-0.4, -0.2) is 31.3 Å². The standard InChI is InChI=1S/C10H20N2O2.ClH/c1-9(2,3)14-8(13)12-7-10(4)5-11-6-10;/h11H,5-7H2,1-4H3,(H,12,13);1H. The van der Waals surface area contributed by atoms with Gasteiger partial charge in [-0.25, -0.2) is 4.79 Å². The number of hydrogen-bond acceptors (Lipinski definition) is 3. The Morgan fingerprint density at radius 2 is 2.00 bits per heavy atom. The van der Waals surface area contributed by atoms with Crippen LogP contribution in [0.5, 0.6) is 0 Å². The summed E-state index contributed by atoms with van der Waals surface area (Å²) in [6.07, 6.45) is -0.328. The zero-order valence-corrected chi connectivity index (χ0v) is 10.7. The molecule has 0 unspecified atom stereocenters. The maximum atomic E-state index is 11.3. The Morgan fingerprint density at radius 3 is 2.33 bits per heavy atom. The van der Waals surface area contributed by atoms with Crippen LogP contribution in [0.4, 0.5) is 4.79 Å². The minimum Gasteiger partial charge on any atom is -0.444 e. The van der Waals surface area contributed by atoms with Crippen molar-refractivity contribution in [2.24, 2.45) is 5.41 Å². The number of rotatable bonds is 2. The molecule has 0 aliphatic carbocycles. The molecule has 0 saturated carbocycles. The Bertz CT molecular complexity index is 222. The normalized spacial score (nSPS) is 18.4. The van der Waals surface area contributed by atoms with E-state index in [0.717, 1.165) is 13.1 Å². The fourth-order valence-electron chi connectivity index (χ4n) is 1.28. The Labute approximate surface area is 97.5 Å². The van der Waals surface area contributed by atoms with Crippen LogP contribution in [0.2, 0.25) is 0 Å². The third-order valence-corrected chi connectivity index (χ3v) is 2.16. The van der Waals surface area contributed by atoms with Crippen LogP contribution in [0, 0.1) is 5.41 Å². The molecule has 1 amide bonds. The smallest absolute Gasteiger partial charge is 0.407 e. The molecule has 0 aromatic rings. The number of carbonyl (C=O) groups is 1. The molecule has 0 aromatic heterocycles. The van der Waals surface area contributed by atoms with Gasteiger partial charge in [0.25, 0.3) is 0 Å². The van der Waals surface area contributed by atoms with Gasteiger partial charge in [-0.1, -0.05) is 6.92 Å². The first-order chi connectivity index (χ1) is 6.31. The molecule has 0 atom stereocenters. The molecule has 2 N–H and O–H groups in total. The van der Waals surface area contributed by atoms with E-state index in [0.29, 0.717) is 6.54 Å². The fraction of sp³-hybridized carbons (Fsp3) is 0.900. The number of carbonyl (C=O) groups excluding carboxylic acids is 1. The summed E-state index contributed by atoms with van der Waals surface area (Å²) in [6.45, 7) is 10.3. The zero-order chi connectivity index (χ0) is 10.8. The molecule has 1 aliphatic rings. The fourth-order valence-corrected chi connectivity index (χ4v) is 1.28. The second-order valence-electron chi connectivity index (χ2n) is 5.27. The van der Waals surface area contributed by atoms with E-state index in [9.17, 15) is 4.79 Å². The van der Waals surface area contributed by atoms with Crippen LogP contribution in [0.1, 0.15) is 27.7 Å². The van der Waals surface area contributed by atoms with Crippen molar-refractivity contribution in [1.82, 2.24) is 10.6 Å². The van der Waals surface area contributed by atoms with E-state index in [1.807, 2.05) is 20.8 Å². The first-order valence-corrected chi connectivity index (χ1v) is 4.98. The van der Waals surface area contributed by atoms with Gasteiger partial charge in [0.05, 0.1) is 0 Å². The average Bonchev–Trinajstić information content (AvgIpc) is 1.94. The molecule has 4 nitrogen and oxygen atoms in total. The second-order valence-corrected chi connectivity index (χ2v) is 5.27. The minimum absolute atomic E-state index is 0. The summed E-state index contributed by atoms with van der Waals surface area (Å²) >= 11 is 0. The molecule has 1 rings (SSSR count). The molecule has 90 valence electrons. The summed E-state index contributed by atoms with van der Waals surface area (Å²) in [7, 11) is 0. The lowest BCUT2D eigenvalue weighted by Gasteiger charge is -2.39. The summed E-state index contributed by atoms with van der Waals surface area (Å²) in [4.78, 5) is 11.3. The topological polar surface area (TPSA) is 50.4 Å². The first-order valence-electron chi connectivity index (χ1n) is 4.98. The van der Waals surface area contributed by atoms with Crippen molar-refractivity contribution in [2.45, 2.75) is 33.3 Å². The summed E-state index contributed by atoms with van der Waals surface area (Å²) < 4.78 is 5.13. The van der Waals surface area contributed by atoms with Crippen molar-refractivity contribution < 1.29 is 9.53 Å². The van der Waals surface area contributed by atoms with Crippen LogP contribution in [0.3, 0.4) is 0 Å². The minimum atomic E-state index is -0.414. The van der Waals surface area contributed by atoms with Gasteiger partial charge in [-0.3, -0.25) is 0 Å². The summed E-state index contributed by atoms with van der Waals surface area (Å²) in [6, 6.07) is 0. The Morgan fingerprint density at radius 1 is 1.47 bits per heavy atom. The van der Waals surface area contributed by atoms with Crippen molar-refractivity contribution in [3.8, 4) is 0 Å². The van der Waals surface area contributed by atoms with E-state index < -0.39 is 5.60 Å². The molecule has 1 aliphatic heterocycles. The van der Waals surface area contributed by atoms with Gasteiger partial charge in [-0.05, 0) is 20.8 Å². The van der Waals surface area contributed by atoms with Gasteiger partial charge in [0.2, 0.25) is 0 Å². The first kappa shape index (κ1) is 14.5. The SMILES string of the molecule is CC1(CNC(=O)OC(C)(C)C)CNC1.Cl. The molecule has 0 radical (unpaired) electrons. The highest BCUT2D eigenvalue weighted by Gasteiger charge is 2.32. The van der Waals surface area contributed by atoms with Gasteiger partial charge in [0, 0.05) is 25.0 Å². The van der Waals surface area contributed by atoms with Gasteiger partial charge < -0.3 is 15.4 Å². The monoisotopic (exact) mass is 236 g/mol. The van der Waals surface area contributed by atoms with Crippen LogP contribution in [-0.2, 0) is 4.74 Å². The third kappa shape index (κ3) is 5.23. The molecule has 5 heteroatoms. The lowest BCUT2D eigenvalue weighted by atomic mass is 9.84. The lowest BCUT2D eigenvalue weighted by Crippen LogP contribution is -2.57. The average molecular weight is 237 g/mol.